The van der Waals surface area contributed by atoms with E-state index in [1.54, 1.807) is 12.1 Å². The Balaban J connectivity index is 1.96. The number of carbonyl (C=O) groups excluding carboxylic acids is 2. The number of Topliss-reactive ketones (excluding diaryl/α,β-unsaturated/α-hetero) is 1. The summed E-state index contributed by atoms with van der Waals surface area (Å²) in [6.45, 7) is -0.324. The smallest absolute Gasteiger partial charge is 0.338 e. The molecule has 0 amide bonds. The molecular formula is C18H17ClN2O6. The molecule has 0 spiro atoms. The van der Waals surface area contributed by atoms with Gasteiger partial charge in [0.2, 0.25) is 5.78 Å². The van der Waals surface area contributed by atoms with Crippen LogP contribution in [0.2, 0.25) is 0 Å². The lowest BCUT2D eigenvalue weighted by atomic mass is 10.1. The molecule has 2 rings (SSSR count). The lowest BCUT2D eigenvalue weighted by molar-refractivity contribution is -0.384. The van der Waals surface area contributed by atoms with Crippen LogP contribution in [0, 0.1) is 10.1 Å². The van der Waals surface area contributed by atoms with Crippen LogP contribution < -0.4 is 5.32 Å². The van der Waals surface area contributed by atoms with Gasteiger partial charge in [-0.1, -0.05) is 18.2 Å². The van der Waals surface area contributed by atoms with Gasteiger partial charge in [-0.15, -0.1) is 11.6 Å². The average molecular weight is 393 g/mol. The highest BCUT2D eigenvalue weighted by Gasteiger charge is 2.15. The molecule has 1 atom stereocenters. The number of nitro benzene ring substituents is 1. The highest BCUT2D eigenvalue weighted by Crippen LogP contribution is 2.15. The summed E-state index contributed by atoms with van der Waals surface area (Å²) in [5.41, 5.74) is 0.665. The van der Waals surface area contributed by atoms with Crippen molar-refractivity contribution < 1.29 is 24.4 Å². The van der Waals surface area contributed by atoms with Gasteiger partial charge in [0.15, 0.2) is 6.61 Å². The molecule has 1 unspecified atom stereocenters. The number of hydrogen-bond donors (Lipinski definition) is 2. The molecule has 0 aromatic heterocycles. The fourth-order valence-electron chi connectivity index (χ4n) is 2.14. The predicted octanol–water partition coefficient (Wildman–Crippen LogP) is 2.65. The van der Waals surface area contributed by atoms with Crippen molar-refractivity contribution in [2.45, 2.75) is 6.10 Å². The quantitative estimate of drug-likeness (QED) is 0.221. The molecule has 0 heterocycles. The van der Waals surface area contributed by atoms with E-state index in [4.69, 9.17) is 16.3 Å². The van der Waals surface area contributed by atoms with Crippen LogP contribution in [0.15, 0.2) is 48.5 Å². The summed E-state index contributed by atoms with van der Waals surface area (Å²) < 4.78 is 4.99. The van der Waals surface area contributed by atoms with Crippen LogP contribution in [0.4, 0.5) is 11.4 Å². The molecule has 8 nitrogen and oxygen atoms in total. The van der Waals surface area contributed by atoms with Gasteiger partial charge < -0.3 is 15.2 Å². The van der Waals surface area contributed by atoms with Gasteiger partial charge in [-0.05, 0) is 18.2 Å². The molecule has 2 aromatic rings. The fourth-order valence-corrected chi connectivity index (χ4v) is 2.25. The van der Waals surface area contributed by atoms with Crippen LogP contribution in [-0.2, 0) is 4.74 Å². The number of nitrogens with one attached hydrogen (secondary N) is 1. The first-order valence-corrected chi connectivity index (χ1v) is 8.47. The molecule has 0 aliphatic carbocycles. The first-order chi connectivity index (χ1) is 12.9. The standard InChI is InChI=1S/C18H17ClN2O6/c19-9-16(22)10-20-14-5-1-4-13(7-14)18(24)27-11-17(23)12-3-2-6-15(8-12)21(25)26/h1-8,16,20,22H,9-11H2. The molecular weight excluding hydrogens is 376 g/mol. The van der Waals surface area contributed by atoms with E-state index in [9.17, 15) is 24.8 Å². The number of hydrogen-bond acceptors (Lipinski definition) is 7. The summed E-state index contributed by atoms with van der Waals surface area (Å²) in [5.74, 6) is -1.18. The Kier molecular flexibility index (Phi) is 7.27. The summed E-state index contributed by atoms with van der Waals surface area (Å²) in [6, 6.07) is 11.5. The largest absolute Gasteiger partial charge is 0.454 e. The molecule has 0 radical (unpaired) electrons. The number of nitrogens with zero attached hydrogens (tertiary/aromatic N) is 1. The number of carbonyl (C=O) groups is 2. The van der Waals surface area contributed by atoms with Crippen LogP contribution in [0.3, 0.4) is 0 Å². The minimum atomic E-state index is -0.727. The second kappa shape index (κ2) is 9.65. The van der Waals surface area contributed by atoms with E-state index in [1.807, 2.05) is 0 Å². The third-order valence-electron chi connectivity index (χ3n) is 3.53. The Morgan fingerprint density at radius 1 is 1.19 bits per heavy atom. The Bertz CT molecular complexity index is 842. The maximum Gasteiger partial charge on any atom is 0.338 e. The molecule has 9 heteroatoms. The third-order valence-corrected chi connectivity index (χ3v) is 3.89. The summed E-state index contributed by atoms with van der Waals surface area (Å²) in [6.07, 6.45) is -0.727. The van der Waals surface area contributed by atoms with Crippen molar-refractivity contribution in [1.29, 1.82) is 0 Å². The zero-order valence-electron chi connectivity index (χ0n) is 14.1. The van der Waals surface area contributed by atoms with Crippen LogP contribution >= 0.6 is 11.6 Å². The Morgan fingerprint density at radius 3 is 2.59 bits per heavy atom. The van der Waals surface area contributed by atoms with Crippen molar-refractivity contribution in [3.8, 4) is 0 Å². The lowest BCUT2D eigenvalue weighted by Crippen LogP contribution is -2.21. The molecule has 0 saturated carbocycles. The fraction of sp³-hybridized carbons (Fsp3) is 0.222. The van der Waals surface area contributed by atoms with Gasteiger partial charge in [-0.2, -0.15) is 0 Å². The number of aliphatic hydroxyl groups excluding tert-OH is 1. The van der Waals surface area contributed by atoms with Gasteiger partial charge in [0.1, 0.15) is 0 Å². The van der Waals surface area contributed by atoms with Gasteiger partial charge in [0, 0.05) is 29.9 Å². The number of nitro groups is 1. The molecule has 27 heavy (non-hydrogen) atoms. The Morgan fingerprint density at radius 2 is 1.89 bits per heavy atom. The number of ether oxygens (including phenoxy) is 1. The zero-order valence-corrected chi connectivity index (χ0v) is 14.9. The monoisotopic (exact) mass is 392 g/mol. The molecule has 0 fully saturated rings. The van der Waals surface area contributed by atoms with E-state index < -0.39 is 29.4 Å². The van der Waals surface area contributed by atoms with Crippen molar-refractivity contribution in [2.24, 2.45) is 0 Å². The van der Waals surface area contributed by atoms with Crippen molar-refractivity contribution in [2.75, 3.05) is 24.3 Å². The zero-order chi connectivity index (χ0) is 19.8. The Hall–Kier alpha value is -2.97. The van der Waals surface area contributed by atoms with Crippen molar-refractivity contribution >= 4 is 34.7 Å². The summed E-state index contributed by atoms with van der Waals surface area (Å²) in [7, 11) is 0. The van der Waals surface area contributed by atoms with Gasteiger partial charge in [0.05, 0.1) is 22.5 Å². The average Bonchev–Trinajstić information content (AvgIpc) is 2.70. The molecule has 0 aliphatic rings. The topological polar surface area (TPSA) is 119 Å². The number of non-ortho nitro benzene ring substituents is 1. The molecule has 0 aliphatic heterocycles. The van der Waals surface area contributed by atoms with Gasteiger partial charge in [-0.25, -0.2) is 4.79 Å². The molecule has 0 bridgehead atoms. The van der Waals surface area contributed by atoms with Crippen LogP contribution in [0.1, 0.15) is 20.7 Å². The molecule has 0 saturated heterocycles. The van der Waals surface area contributed by atoms with Crippen LogP contribution in [0.5, 0.6) is 0 Å². The van der Waals surface area contributed by atoms with E-state index in [0.29, 0.717) is 5.69 Å². The lowest BCUT2D eigenvalue weighted by Gasteiger charge is -2.11. The van der Waals surface area contributed by atoms with Gasteiger partial charge in [-0.3, -0.25) is 14.9 Å². The number of benzene rings is 2. The van der Waals surface area contributed by atoms with Crippen molar-refractivity contribution in [3.63, 3.8) is 0 Å². The second-order valence-corrected chi connectivity index (χ2v) is 5.89. The van der Waals surface area contributed by atoms with E-state index >= 15 is 0 Å². The SMILES string of the molecule is O=C(COC(=O)c1cccc(NCC(O)CCl)c1)c1cccc([N+](=O)[O-])c1. The van der Waals surface area contributed by atoms with E-state index in [0.717, 1.165) is 6.07 Å². The molecule has 2 aromatic carbocycles. The first-order valence-electron chi connectivity index (χ1n) is 7.93. The number of halogens is 1. The van der Waals surface area contributed by atoms with Gasteiger partial charge >= 0.3 is 5.97 Å². The number of alkyl halides is 1. The summed E-state index contributed by atoms with van der Waals surface area (Å²) in [4.78, 5) is 34.3. The minimum Gasteiger partial charge on any atom is -0.454 e. The summed E-state index contributed by atoms with van der Waals surface area (Å²) >= 11 is 5.52. The number of aliphatic hydroxyl groups is 1. The van der Waals surface area contributed by atoms with Crippen molar-refractivity contribution in [1.82, 2.24) is 0 Å². The highest BCUT2D eigenvalue weighted by molar-refractivity contribution is 6.18. The van der Waals surface area contributed by atoms with E-state index in [-0.39, 0.29) is 29.2 Å². The van der Waals surface area contributed by atoms with Crippen molar-refractivity contribution in [3.05, 3.63) is 69.8 Å². The summed E-state index contributed by atoms with van der Waals surface area (Å²) in [5, 5.41) is 23.1. The normalized spacial score (nSPS) is 11.5. The first kappa shape index (κ1) is 20.3. The minimum absolute atomic E-state index is 0.0779. The number of anilines is 1. The van der Waals surface area contributed by atoms with Crippen LogP contribution in [-0.4, -0.2) is 46.9 Å². The number of ketones is 1. The number of rotatable bonds is 9. The maximum absolute atomic E-state index is 12.1. The molecule has 142 valence electrons. The molecule has 2 N–H and O–H groups in total. The van der Waals surface area contributed by atoms with Crippen LogP contribution in [0.25, 0.3) is 0 Å². The maximum atomic E-state index is 12.1. The Labute approximate surface area is 159 Å². The predicted molar refractivity (Wildman–Crippen MR) is 99.4 cm³/mol. The highest BCUT2D eigenvalue weighted by atomic mass is 35.5. The van der Waals surface area contributed by atoms with E-state index in [2.05, 4.69) is 5.32 Å². The third kappa shape index (κ3) is 6.05. The second-order valence-electron chi connectivity index (χ2n) is 5.58. The van der Waals surface area contributed by atoms with E-state index in [1.165, 1.54) is 30.3 Å². The van der Waals surface area contributed by atoms with Gasteiger partial charge in [0.25, 0.3) is 5.69 Å². The number of esters is 1.